The molecule has 31 heavy (non-hydrogen) atoms. The van der Waals surface area contributed by atoms with Crippen LogP contribution < -0.4 is 19.9 Å². The number of benzene rings is 2. The zero-order chi connectivity index (χ0) is 21.6. The molecule has 1 aliphatic heterocycles. The minimum Gasteiger partial charge on any atom is -0.478 e. The van der Waals surface area contributed by atoms with Gasteiger partial charge in [-0.2, -0.15) is 0 Å². The predicted octanol–water partition coefficient (Wildman–Crippen LogP) is 3.35. The van der Waals surface area contributed by atoms with Crippen LogP contribution in [0.4, 0.5) is 21.7 Å². The normalized spacial score (nSPS) is 14.8. The topological polar surface area (TPSA) is 70.6 Å². The summed E-state index contributed by atoms with van der Waals surface area (Å²) < 4.78 is 19.2. The summed E-state index contributed by atoms with van der Waals surface area (Å²) in [4.78, 5) is 25.5. The molecule has 160 valence electrons. The van der Waals surface area contributed by atoms with E-state index in [-0.39, 0.29) is 5.75 Å². The number of halogens is 1. The van der Waals surface area contributed by atoms with Crippen LogP contribution in [0.5, 0.6) is 5.75 Å². The van der Waals surface area contributed by atoms with Gasteiger partial charge in [0.05, 0.1) is 0 Å². The van der Waals surface area contributed by atoms with Crippen LogP contribution >= 0.6 is 0 Å². The Morgan fingerprint density at radius 3 is 2.42 bits per heavy atom. The van der Waals surface area contributed by atoms with Crippen molar-refractivity contribution in [3.05, 3.63) is 72.8 Å². The van der Waals surface area contributed by atoms with Crippen LogP contribution in [0.25, 0.3) is 0 Å². The molecule has 1 aromatic heterocycles. The number of anilines is 3. The largest absolute Gasteiger partial charge is 0.478 e. The molecule has 1 unspecified atom stereocenters. The molecule has 3 aromatic rings. The predicted molar refractivity (Wildman–Crippen MR) is 118 cm³/mol. The molecule has 4 rings (SSSR count). The second kappa shape index (κ2) is 9.42. The van der Waals surface area contributed by atoms with Gasteiger partial charge in [0.25, 0.3) is 5.91 Å². The smallest absolute Gasteiger partial charge is 0.266 e. The second-order valence-electron chi connectivity index (χ2n) is 7.25. The SMILES string of the molecule is CC(Oc1ccccc1F)C(=O)Nc1cc(N2CCN(c3ccccc3)CC2)ncn1. The number of hydrogen-bond acceptors (Lipinski definition) is 6. The number of rotatable bonds is 6. The summed E-state index contributed by atoms with van der Waals surface area (Å²) in [5.74, 6) is 0.234. The van der Waals surface area contributed by atoms with Crippen LogP contribution in [0, 0.1) is 5.82 Å². The van der Waals surface area contributed by atoms with Crippen LogP contribution in [-0.4, -0.2) is 48.2 Å². The van der Waals surface area contributed by atoms with Crippen molar-refractivity contribution >= 4 is 23.2 Å². The van der Waals surface area contributed by atoms with Crippen molar-refractivity contribution in [3.8, 4) is 5.75 Å². The highest BCUT2D eigenvalue weighted by molar-refractivity contribution is 5.93. The van der Waals surface area contributed by atoms with Crippen molar-refractivity contribution in [3.63, 3.8) is 0 Å². The summed E-state index contributed by atoms with van der Waals surface area (Å²) >= 11 is 0. The Morgan fingerprint density at radius 2 is 1.68 bits per heavy atom. The number of amides is 1. The van der Waals surface area contributed by atoms with E-state index in [2.05, 4.69) is 37.2 Å². The highest BCUT2D eigenvalue weighted by atomic mass is 19.1. The summed E-state index contributed by atoms with van der Waals surface area (Å²) in [6.07, 6.45) is 0.543. The Balaban J connectivity index is 1.35. The summed E-state index contributed by atoms with van der Waals surface area (Å²) in [5, 5.41) is 2.72. The zero-order valence-corrected chi connectivity index (χ0v) is 17.2. The monoisotopic (exact) mass is 421 g/mol. The lowest BCUT2D eigenvalue weighted by Gasteiger charge is -2.36. The number of aromatic nitrogens is 2. The lowest BCUT2D eigenvalue weighted by atomic mass is 10.2. The molecule has 0 radical (unpaired) electrons. The third kappa shape index (κ3) is 5.09. The van der Waals surface area contributed by atoms with Crippen molar-refractivity contribution < 1.29 is 13.9 Å². The van der Waals surface area contributed by atoms with Crippen molar-refractivity contribution in [2.45, 2.75) is 13.0 Å². The van der Waals surface area contributed by atoms with Crippen LogP contribution in [0.15, 0.2) is 67.0 Å². The molecule has 0 aliphatic carbocycles. The first-order valence-electron chi connectivity index (χ1n) is 10.2. The molecule has 2 aromatic carbocycles. The summed E-state index contributed by atoms with van der Waals surface area (Å²) in [5.41, 5.74) is 1.21. The highest BCUT2D eigenvalue weighted by Crippen LogP contribution is 2.21. The molecule has 1 N–H and O–H groups in total. The van der Waals surface area contributed by atoms with Gasteiger partial charge in [-0.05, 0) is 31.2 Å². The van der Waals surface area contributed by atoms with Gasteiger partial charge in [-0.25, -0.2) is 14.4 Å². The number of carbonyl (C=O) groups is 1. The minimum atomic E-state index is -0.885. The Labute approximate surface area is 180 Å². The van der Waals surface area contributed by atoms with Gasteiger partial charge >= 0.3 is 0 Å². The maximum Gasteiger partial charge on any atom is 0.266 e. The first-order valence-corrected chi connectivity index (χ1v) is 10.2. The van der Waals surface area contributed by atoms with Gasteiger partial charge in [0.1, 0.15) is 18.0 Å². The molecule has 1 saturated heterocycles. The van der Waals surface area contributed by atoms with Gasteiger partial charge in [-0.3, -0.25) is 4.79 Å². The highest BCUT2D eigenvalue weighted by Gasteiger charge is 2.20. The fourth-order valence-electron chi connectivity index (χ4n) is 3.43. The summed E-state index contributed by atoms with van der Waals surface area (Å²) in [7, 11) is 0. The molecule has 1 atom stereocenters. The van der Waals surface area contributed by atoms with Crippen molar-refractivity contribution in [1.29, 1.82) is 0 Å². The van der Waals surface area contributed by atoms with Gasteiger partial charge in [0.15, 0.2) is 17.7 Å². The third-order valence-corrected chi connectivity index (χ3v) is 5.14. The first kappa shape index (κ1) is 20.6. The number of carbonyl (C=O) groups excluding carboxylic acids is 1. The molecule has 8 heteroatoms. The molecule has 2 heterocycles. The van der Waals surface area contributed by atoms with Crippen LogP contribution in [-0.2, 0) is 4.79 Å². The van der Waals surface area contributed by atoms with Gasteiger partial charge < -0.3 is 19.9 Å². The third-order valence-electron chi connectivity index (χ3n) is 5.14. The fraction of sp³-hybridized carbons (Fsp3) is 0.261. The molecular formula is C23H24FN5O2. The second-order valence-corrected chi connectivity index (χ2v) is 7.25. The maximum absolute atomic E-state index is 13.7. The van der Waals surface area contributed by atoms with Gasteiger partial charge in [0, 0.05) is 37.9 Å². The quantitative estimate of drug-likeness (QED) is 0.658. The Morgan fingerprint density at radius 1 is 1.00 bits per heavy atom. The number of hydrogen-bond donors (Lipinski definition) is 1. The van der Waals surface area contributed by atoms with E-state index in [0.29, 0.717) is 5.82 Å². The van der Waals surface area contributed by atoms with Crippen LogP contribution in [0.1, 0.15) is 6.92 Å². The Kier molecular flexibility index (Phi) is 6.26. The molecule has 0 saturated carbocycles. The molecule has 0 bridgehead atoms. The molecule has 1 amide bonds. The van der Waals surface area contributed by atoms with E-state index in [9.17, 15) is 9.18 Å². The Bertz CT molecular complexity index is 1030. The number of piperazine rings is 1. The van der Waals surface area contributed by atoms with E-state index in [0.717, 1.165) is 32.0 Å². The fourth-order valence-corrected chi connectivity index (χ4v) is 3.43. The lowest BCUT2D eigenvalue weighted by Crippen LogP contribution is -2.46. The van der Waals surface area contributed by atoms with Gasteiger partial charge in [-0.15, -0.1) is 0 Å². The number of para-hydroxylation sites is 2. The van der Waals surface area contributed by atoms with Crippen molar-refractivity contribution in [1.82, 2.24) is 9.97 Å². The van der Waals surface area contributed by atoms with Crippen LogP contribution in [0.2, 0.25) is 0 Å². The van der Waals surface area contributed by atoms with Gasteiger partial charge in [0.2, 0.25) is 0 Å². The molecule has 7 nitrogen and oxygen atoms in total. The van der Waals surface area contributed by atoms with E-state index in [4.69, 9.17) is 4.74 Å². The standard InChI is InChI=1S/C23H24FN5O2/c1-17(31-20-10-6-5-9-19(20)24)23(30)27-21-15-22(26-16-25-21)29-13-11-28(12-14-29)18-7-3-2-4-8-18/h2-10,15-17H,11-14H2,1H3,(H,25,26,27,30). The minimum absolute atomic E-state index is 0.0322. The number of nitrogens with one attached hydrogen (secondary N) is 1. The number of ether oxygens (including phenoxy) is 1. The maximum atomic E-state index is 13.7. The van der Waals surface area contributed by atoms with Crippen molar-refractivity contribution in [2.24, 2.45) is 0 Å². The zero-order valence-electron chi connectivity index (χ0n) is 17.2. The van der Waals surface area contributed by atoms with E-state index >= 15 is 0 Å². The van der Waals surface area contributed by atoms with E-state index in [1.807, 2.05) is 18.2 Å². The lowest BCUT2D eigenvalue weighted by molar-refractivity contribution is -0.122. The molecule has 0 spiro atoms. The summed E-state index contributed by atoms with van der Waals surface area (Å²) in [6, 6.07) is 18.0. The van der Waals surface area contributed by atoms with Gasteiger partial charge in [-0.1, -0.05) is 30.3 Å². The summed E-state index contributed by atoms with van der Waals surface area (Å²) in [6.45, 7) is 4.94. The molecule has 1 aliphatic rings. The van der Waals surface area contributed by atoms with Crippen molar-refractivity contribution in [2.75, 3.05) is 41.3 Å². The molecule has 1 fully saturated rings. The Hall–Kier alpha value is -3.68. The van der Waals surface area contributed by atoms with E-state index in [1.165, 1.54) is 24.1 Å². The molecular weight excluding hydrogens is 397 g/mol. The average molecular weight is 421 g/mol. The van der Waals surface area contributed by atoms with E-state index in [1.54, 1.807) is 25.1 Å². The van der Waals surface area contributed by atoms with E-state index < -0.39 is 17.8 Å². The van der Waals surface area contributed by atoms with Crippen LogP contribution in [0.3, 0.4) is 0 Å². The number of nitrogens with zero attached hydrogens (tertiary/aromatic N) is 4. The first-order chi connectivity index (χ1) is 15.1. The average Bonchev–Trinajstić information content (AvgIpc) is 2.81.